The van der Waals surface area contributed by atoms with E-state index in [1.807, 2.05) is 18.7 Å². The van der Waals surface area contributed by atoms with Crippen LogP contribution in [0.4, 0.5) is 0 Å². The van der Waals surface area contributed by atoms with Gasteiger partial charge in [-0.2, -0.15) is 0 Å². The number of carbonyl (C=O) groups excluding carboxylic acids is 2. The normalized spacial score (nSPS) is 22.1. The molecule has 17 heavy (non-hydrogen) atoms. The summed E-state index contributed by atoms with van der Waals surface area (Å²) in [7, 11) is 0. The van der Waals surface area contributed by atoms with Gasteiger partial charge in [-0.05, 0) is 19.3 Å². The lowest BCUT2D eigenvalue weighted by atomic mass is 10.1. The number of nitrogens with one attached hydrogen (secondary N) is 1. The van der Waals surface area contributed by atoms with Crippen LogP contribution in [0.2, 0.25) is 0 Å². The van der Waals surface area contributed by atoms with E-state index in [0.29, 0.717) is 18.9 Å². The van der Waals surface area contributed by atoms with Gasteiger partial charge in [0.15, 0.2) is 0 Å². The van der Waals surface area contributed by atoms with E-state index in [9.17, 15) is 9.59 Å². The van der Waals surface area contributed by atoms with Gasteiger partial charge in [0, 0.05) is 25.6 Å². The lowest BCUT2D eigenvalue weighted by molar-refractivity contribution is -0.129. The van der Waals surface area contributed by atoms with E-state index in [1.165, 1.54) is 0 Å². The van der Waals surface area contributed by atoms with Crippen molar-refractivity contribution < 1.29 is 9.59 Å². The van der Waals surface area contributed by atoms with Gasteiger partial charge in [0.25, 0.3) is 0 Å². The Balaban J connectivity index is 2.47. The fourth-order valence-electron chi connectivity index (χ4n) is 2.03. The van der Waals surface area contributed by atoms with Gasteiger partial charge in [0.05, 0.1) is 5.92 Å². The van der Waals surface area contributed by atoms with E-state index >= 15 is 0 Å². The first-order valence-electron chi connectivity index (χ1n) is 6.52. The quantitative estimate of drug-likeness (QED) is 0.790. The SMILES string of the molecule is CC[C@H](C)NC(=O)[C@@H]1CC(=O)N(CC(C)C)C1. The lowest BCUT2D eigenvalue weighted by Gasteiger charge is -2.19. The van der Waals surface area contributed by atoms with Crippen LogP contribution in [-0.4, -0.2) is 35.8 Å². The Morgan fingerprint density at radius 1 is 1.47 bits per heavy atom. The molecule has 4 heteroatoms. The van der Waals surface area contributed by atoms with E-state index in [-0.39, 0.29) is 23.8 Å². The van der Waals surface area contributed by atoms with Crippen molar-refractivity contribution >= 4 is 11.8 Å². The number of nitrogens with zero attached hydrogens (tertiary/aromatic N) is 1. The highest BCUT2D eigenvalue weighted by Gasteiger charge is 2.34. The Morgan fingerprint density at radius 2 is 2.12 bits per heavy atom. The standard InChI is InChI=1S/C13H24N2O2/c1-5-10(4)14-13(17)11-6-12(16)15(8-11)7-9(2)3/h9-11H,5-8H2,1-4H3,(H,14,17)/t10-,11+/m0/s1. The number of amides is 2. The Morgan fingerprint density at radius 3 is 2.65 bits per heavy atom. The van der Waals surface area contributed by atoms with Crippen molar-refractivity contribution in [3.8, 4) is 0 Å². The minimum atomic E-state index is -0.157. The summed E-state index contributed by atoms with van der Waals surface area (Å²) >= 11 is 0. The van der Waals surface area contributed by atoms with E-state index in [1.54, 1.807) is 0 Å². The zero-order valence-electron chi connectivity index (χ0n) is 11.3. The highest BCUT2D eigenvalue weighted by molar-refractivity contribution is 5.89. The van der Waals surface area contributed by atoms with Crippen LogP contribution in [0.25, 0.3) is 0 Å². The van der Waals surface area contributed by atoms with E-state index in [0.717, 1.165) is 13.0 Å². The largest absolute Gasteiger partial charge is 0.353 e. The third-order valence-electron chi connectivity index (χ3n) is 3.17. The molecule has 0 aliphatic carbocycles. The summed E-state index contributed by atoms with van der Waals surface area (Å²) in [6, 6.07) is 0.191. The first-order chi connectivity index (χ1) is 7.93. The Bertz CT molecular complexity index is 289. The third-order valence-corrected chi connectivity index (χ3v) is 3.17. The molecular formula is C13H24N2O2. The molecule has 1 N–H and O–H groups in total. The molecule has 0 saturated carbocycles. The molecule has 1 saturated heterocycles. The summed E-state index contributed by atoms with van der Waals surface area (Å²) in [6.07, 6.45) is 1.29. The van der Waals surface area contributed by atoms with Crippen LogP contribution in [0.5, 0.6) is 0 Å². The maximum absolute atomic E-state index is 11.9. The molecule has 0 radical (unpaired) electrons. The Hall–Kier alpha value is -1.06. The van der Waals surface area contributed by atoms with Crippen molar-refractivity contribution in [2.24, 2.45) is 11.8 Å². The average molecular weight is 240 g/mol. The van der Waals surface area contributed by atoms with Gasteiger partial charge in [-0.15, -0.1) is 0 Å². The van der Waals surface area contributed by atoms with Gasteiger partial charge in [0.2, 0.25) is 11.8 Å². The predicted molar refractivity (Wildman–Crippen MR) is 67.4 cm³/mol. The molecular weight excluding hydrogens is 216 g/mol. The first-order valence-corrected chi connectivity index (χ1v) is 6.52. The van der Waals surface area contributed by atoms with Gasteiger partial charge in [-0.3, -0.25) is 9.59 Å². The average Bonchev–Trinajstić information content (AvgIpc) is 2.59. The van der Waals surface area contributed by atoms with Crippen molar-refractivity contribution in [3.63, 3.8) is 0 Å². The summed E-state index contributed by atoms with van der Waals surface area (Å²) in [5.74, 6) is 0.438. The summed E-state index contributed by atoms with van der Waals surface area (Å²) in [6.45, 7) is 9.53. The number of hydrogen-bond acceptors (Lipinski definition) is 2. The second-order valence-corrected chi connectivity index (χ2v) is 5.41. The molecule has 0 aromatic rings. The summed E-state index contributed by atoms with van der Waals surface area (Å²) in [5.41, 5.74) is 0. The molecule has 1 heterocycles. The molecule has 1 aliphatic rings. The van der Waals surface area contributed by atoms with Gasteiger partial charge >= 0.3 is 0 Å². The fraction of sp³-hybridized carbons (Fsp3) is 0.846. The maximum Gasteiger partial charge on any atom is 0.225 e. The van der Waals surface area contributed by atoms with Crippen molar-refractivity contribution in [1.82, 2.24) is 10.2 Å². The van der Waals surface area contributed by atoms with Crippen molar-refractivity contribution in [2.45, 2.75) is 46.6 Å². The smallest absolute Gasteiger partial charge is 0.225 e. The number of rotatable bonds is 5. The second-order valence-electron chi connectivity index (χ2n) is 5.41. The van der Waals surface area contributed by atoms with Crippen LogP contribution in [0.15, 0.2) is 0 Å². The molecule has 0 unspecified atom stereocenters. The van der Waals surface area contributed by atoms with Gasteiger partial charge in [-0.25, -0.2) is 0 Å². The Labute approximate surface area is 104 Å². The van der Waals surface area contributed by atoms with Crippen molar-refractivity contribution in [2.75, 3.05) is 13.1 Å². The molecule has 0 aromatic heterocycles. The highest BCUT2D eigenvalue weighted by Crippen LogP contribution is 2.19. The number of likely N-dealkylation sites (tertiary alicyclic amines) is 1. The third kappa shape index (κ3) is 4.02. The minimum Gasteiger partial charge on any atom is -0.353 e. The van der Waals surface area contributed by atoms with Gasteiger partial charge in [-0.1, -0.05) is 20.8 Å². The summed E-state index contributed by atoms with van der Waals surface area (Å²) in [5, 5.41) is 2.95. The minimum absolute atomic E-state index is 0.0268. The monoisotopic (exact) mass is 240 g/mol. The zero-order valence-corrected chi connectivity index (χ0v) is 11.3. The molecule has 0 spiro atoms. The van der Waals surface area contributed by atoms with E-state index < -0.39 is 0 Å². The predicted octanol–water partition coefficient (Wildman–Crippen LogP) is 1.41. The molecule has 98 valence electrons. The molecule has 1 fully saturated rings. The maximum atomic E-state index is 11.9. The molecule has 0 aromatic carbocycles. The van der Waals surface area contributed by atoms with Crippen LogP contribution in [0.1, 0.15) is 40.5 Å². The van der Waals surface area contributed by atoms with Crippen LogP contribution < -0.4 is 5.32 Å². The fourth-order valence-corrected chi connectivity index (χ4v) is 2.03. The van der Waals surface area contributed by atoms with Crippen LogP contribution in [-0.2, 0) is 9.59 Å². The number of carbonyl (C=O) groups is 2. The molecule has 1 aliphatic heterocycles. The van der Waals surface area contributed by atoms with Gasteiger partial charge < -0.3 is 10.2 Å². The first kappa shape index (κ1) is 14.0. The Kier molecular flexibility index (Phi) is 4.97. The van der Waals surface area contributed by atoms with E-state index in [2.05, 4.69) is 19.2 Å². The van der Waals surface area contributed by atoms with Crippen LogP contribution in [0.3, 0.4) is 0 Å². The second kappa shape index (κ2) is 6.03. The van der Waals surface area contributed by atoms with Crippen LogP contribution >= 0.6 is 0 Å². The zero-order chi connectivity index (χ0) is 13.0. The lowest BCUT2D eigenvalue weighted by Crippen LogP contribution is -2.38. The highest BCUT2D eigenvalue weighted by atomic mass is 16.2. The molecule has 1 rings (SSSR count). The topological polar surface area (TPSA) is 49.4 Å². The summed E-state index contributed by atoms with van der Waals surface area (Å²) < 4.78 is 0. The van der Waals surface area contributed by atoms with Gasteiger partial charge in [0.1, 0.15) is 0 Å². The molecule has 0 bridgehead atoms. The van der Waals surface area contributed by atoms with E-state index in [4.69, 9.17) is 0 Å². The summed E-state index contributed by atoms with van der Waals surface area (Å²) in [4.78, 5) is 25.4. The van der Waals surface area contributed by atoms with Crippen molar-refractivity contribution in [3.05, 3.63) is 0 Å². The van der Waals surface area contributed by atoms with Crippen LogP contribution in [0, 0.1) is 11.8 Å². The van der Waals surface area contributed by atoms with Crippen molar-refractivity contribution in [1.29, 1.82) is 0 Å². The molecule has 4 nitrogen and oxygen atoms in total. The molecule has 2 amide bonds. The number of hydrogen-bond donors (Lipinski definition) is 1. The molecule has 2 atom stereocenters.